The third kappa shape index (κ3) is 9.38. The molecule has 0 aliphatic rings. The van der Waals surface area contributed by atoms with Crippen LogP contribution in [0.5, 0.6) is 0 Å². The molecule has 12 heteroatoms. The van der Waals surface area contributed by atoms with Gasteiger partial charge in [-0.25, -0.2) is 8.42 Å². The van der Waals surface area contributed by atoms with Crippen molar-refractivity contribution in [3.63, 3.8) is 0 Å². The lowest BCUT2D eigenvalue weighted by Gasteiger charge is -2.34. The number of benzene rings is 4. The molecular formula is C36H37ClF3N3O4S. The maximum absolute atomic E-state index is 14.5. The second-order valence-corrected chi connectivity index (χ2v) is 14.1. The molecule has 0 spiro atoms. The molecular weight excluding hydrogens is 663 g/mol. The number of nitrogens with zero attached hydrogens (tertiary/aromatic N) is 2. The second kappa shape index (κ2) is 15.7. The van der Waals surface area contributed by atoms with Crippen LogP contribution in [0.2, 0.25) is 5.02 Å². The lowest BCUT2D eigenvalue weighted by Crippen LogP contribution is -2.53. The number of rotatable bonds is 13. The van der Waals surface area contributed by atoms with Crippen molar-refractivity contribution in [2.45, 2.75) is 50.9 Å². The van der Waals surface area contributed by atoms with Gasteiger partial charge in [0, 0.05) is 19.5 Å². The molecule has 7 nitrogen and oxygen atoms in total. The average Bonchev–Trinajstić information content (AvgIpc) is 3.04. The van der Waals surface area contributed by atoms with E-state index in [0.29, 0.717) is 22.5 Å². The van der Waals surface area contributed by atoms with E-state index in [1.165, 1.54) is 29.2 Å². The maximum atomic E-state index is 14.5. The summed E-state index contributed by atoms with van der Waals surface area (Å²) in [6.45, 7) is 5.03. The van der Waals surface area contributed by atoms with E-state index in [1.807, 2.05) is 51.1 Å². The van der Waals surface area contributed by atoms with E-state index in [9.17, 15) is 31.2 Å². The van der Waals surface area contributed by atoms with Crippen LogP contribution in [0, 0.1) is 12.8 Å². The first-order valence-corrected chi connectivity index (χ1v) is 17.1. The third-order valence-electron chi connectivity index (χ3n) is 7.54. The number of halogens is 4. The number of sulfonamides is 1. The molecule has 1 N–H and O–H groups in total. The minimum absolute atomic E-state index is 0.0807. The molecule has 1 atom stereocenters. The Kier molecular flexibility index (Phi) is 11.9. The molecule has 254 valence electrons. The highest BCUT2D eigenvalue weighted by Crippen LogP contribution is 2.37. The Labute approximate surface area is 284 Å². The molecule has 0 heterocycles. The van der Waals surface area contributed by atoms with Crippen LogP contribution in [0.3, 0.4) is 0 Å². The lowest BCUT2D eigenvalue weighted by molar-refractivity contribution is -0.140. The Bertz CT molecular complexity index is 1820. The molecule has 0 aliphatic carbocycles. The fraction of sp³-hybridized carbons (Fsp3) is 0.278. The topological polar surface area (TPSA) is 86.8 Å². The van der Waals surface area contributed by atoms with Gasteiger partial charge in [-0.2, -0.15) is 13.2 Å². The predicted molar refractivity (Wildman–Crippen MR) is 181 cm³/mol. The third-order valence-corrected chi connectivity index (χ3v) is 9.64. The van der Waals surface area contributed by atoms with Crippen LogP contribution >= 0.6 is 11.6 Å². The van der Waals surface area contributed by atoms with Gasteiger partial charge in [0.1, 0.15) is 12.6 Å². The van der Waals surface area contributed by atoms with Crippen molar-refractivity contribution in [1.82, 2.24) is 10.2 Å². The molecule has 0 fully saturated rings. The van der Waals surface area contributed by atoms with Gasteiger partial charge in [-0.1, -0.05) is 104 Å². The summed E-state index contributed by atoms with van der Waals surface area (Å²) in [5.41, 5.74) is 0.650. The Hall–Kier alpha value is -4.35. The monoisotopic (exact) mass is 699 g/mol. The van der Waals surface area contributed by atoms with Gasteiger partial charge in [0.25, 0.3) is 10.0 Å². The van der Waals surface area contributed by atoms with E-state index in [0.717, 1.165) is 23.3 Å². The van der Waals surface area contributed by atoms with Gasteiger partial charge < -0.3 is 10.2 Å². The molecule has 0 unspecified atom stereocenters. The molecule has 0 bridgehead atoms. The number of carbonyl (C=O) groups excluding carboxylic acids is 2. The molecule has 0 radical (unpaired) electrons. The molecule has 0 aromatic heterocycles. The highest BCUT2D eigenvalue weighted by atomic mass is 35.5. The Morgan fingerprint density at radius 2 is 1.48 bits per heavy atom. The smallest absolute Gasteiger partial charge is 0.354 e. The fourth-order valence-corrected chi connectivity index (χ4v) is 6.81. The van der Waals surface area contributed by atoms with Crippen LogP contribution in [0.15, 0.2) is 108 Å². The van der Waals surface area contributed by atoms with Crippen LogP contribution in [0.1, 0.15) is 36.1 Å². The largest absolute Gasteiger partial charge is 0.416 e. The number of alkyl halides is 3. The number of nitrogens with one attached hydrogen (secondary N) is 1. The normalized spacial score (nSPS) is 12.4. The maximum Gasteiger partial charge on any atom is 0.416 e. The number of carbonyl (C=O) groups is 2. The summed E-state index contributed by atoms with van der Waals surface area (Å²) < 4.78 is 70.4. The summed E-state index contributed by atoms with van der Waals surface area (Å²) in [7, 11) is -4.64. The standard InChI is InChI=1S/C36H37ClF3N3O4S/c1-25(2)22-41-35(45)33(20-27-12-6-4-7-13-27)42(23-28-14-10-11-26(3)19-28)34(44)24-43(48(46,47)30-15-8-5-9-16-30)32-21-29(36(38,39)40)17-18-31(32)37/h4-19,21,25,33H,20,22-24H2,1-3H3,(H,41,45)/t33-/m0/s1. The van der Waals surface area contributed by atoms with E-state index >= 15 is 0 Å². The van der Waals surface area contributed by atoms with E-state index in [-0.39, 0.29) is 28.8 Å². The molecule has 2 amide bonds. The van der Waals surface area contributed by atoms with Crippen molar-refractivity contribution in [1.29, 1.82) is 0 Å². The van der Waals surface area contributed by atoms with Gasteiger partial charge >= 0.3 is 6.18 Å². The second-order valence-electron chi connectivity index (χ2n) is 11.8. The summed E-state index contributed by atoms with van der Waals surface area (Å²) >= 11 is 6.37. The first kappa shape index (κ1) is 36.5. The predicted octanol–water partition coefficient (Wildman–Crippen LogP) is 7.27. The summed E-state index contributed by atoms with van der Waals surface area (Å²) in [6.07, 6.45) is -4.73. The SMILES string of the molecule is Cc1cccc(CN(C(=O)CN(c2cc(C(F)(F)F)ccc2Cl)S(=O)(=O)c2ccccc2)[C@@H](Cc2ccccc2)C(=O)NCC(C)C)c1. The highest BCUT2D eigenvalue weighted by Gasteiger charge is 2.37. The zero-order chi connectivity index (χ0) is 35.1. The van der Waals surface area contributed by atoms with Crippen LogP contribution < -0.4 is 9.62 Å². The van der Waals surface area contributed by atoms with Gasteiger partial charge in [0.15, 0.2) is 0 Å². The number of anilines is 1. The molecule has 0 saturated heterocycles. The van der Waals surface area contributed by atoms with E-state index in [4.69, 9.17) is 11.6 Å². The van der Waals surface area contributed by atoms with Crippen LogP contribution in [-0.4, -0.2) is 44.3 Å². The first-order valence-electron chi connectivity index (χ1n) is 15.3. The number of hydrogen-bond acceptors (Lipinski definition) is 4. The molecule has 4 rings (SSSR count). The quantitative estimate of drug-likeness (QED) is 0.159. The fourth-order valence-electron chi connectivity index (χ4n) is 5.10. The van der Waals surface area contributed by atoms with Crippen molar-refractivity contribution in [3.8, 4) is 0 Å². The molecule has 0 saturated carbocycles. The van der Waals surface area contributed by atoms with E-state index < -0.39 is 51.9 Å². The van der Waals surface area contributed by atoms with Gasteiger partial charge in [-0.15, -0.1) is 0 Å². The molecule has 0 aliphatic heterocycles. The van der Waals surface area contributed by atoms with Crippen molar-refractivity contribution < 1.29 is 31.2 Å². The summed E-state index contributed by atoms with van der Waals surface area (Å²) in [5, 5.41) is 2.59. The average molecular weight is 700 g/mol. The van der Waals surface area contributed by atoms with E-state index in [2.05, 4.69) is 5.32 Å². The van der Waals surface area contributed by atoms with Crippen molar-refractivity contribution in [3.05, 3.63) is 130 Å². The molecule has 4 aromatic carbocycles. The first-order chi connectivity index (χ1) is 22.7. The zero-order valence-corrected chi connectivity index (χ0v) is 28.3. The Balaban J connectivity index is 1.86. The van der Waals surface area contributed by atoms with Crippen molar-refractivity contribution in [2.75, 3.05) is 17.4 Å². The van der Waals surface area contributed by atoms with Crippen molar-refractivity contribution >= 4 is 39.1 Å². The summed E-state index contributed by atoms with van der Waals surface area (Å²) in [5.74, 6) is -1.17. The van der Waals surface area contributed by atoms with Crippen LogP contribution in [0.25, 0.3) is 0 Å². The van der Waals surface area contributed by atoms with E-state index in [1.54, 1.807) is 30.3 Å². The summed E-state index contributed by atoms with van der Waals surface area (Å²) in [6, 6.07) is 24.6. The van der Waals surface area contributed by atoms with Gasteiger partial charge in [-0.3, -0.25) is 13.9 Å². The van der Waals surface area contributed by atoms with Crippen molar-refractivity contribution in [2.24, 2.45) is 5.92 Å². The van der Waals surface area contributed by atoms with Crippen LogP contribution in [-0.2, 0) is 38.8 Å². The number of aryl methyl sites for hydroxylation is 1. The minimum Gasteiger partial charge on any atom is -0.354 e. The van der Waals surface area contributed by atoms with Gasteiger partial charge in [-0.05, 0) is 54.3 Å². The molecule has 4 aromatic rings. The Morgan fingerprint density at radius 3 is 2.08 bits per heavy atom. The lowest BCUT2D eigenvalue weighted by atomic mass is 10.0. The van der Waals surface area contributed by atoms with Gasteiger partial charge in [0.05, 0.1) is 21.2 Å². The number of amides is 2. The van der Waals surface area contributed by atoms with Gasteiger partial charge in [0.2, 0.25) is 11.8 Å². The van der Waals surface area contributed by atoms with Crippen LogP contribution in [0.4, 0.5) is 18.9 Å². The minimum atomic E-state index is -4.82. The number of hydrogen-bond donors (Lipinski definition) is 1. The highest BCUT2D eigenvalue weighted by molar-refractivity contribution is 7.92. The Morgan fingerprint density at radius 1 is 0.854 bits per heavy atom. The zero-order valence-electron chi connectivity index (χ0n) is 26.7. The molecule has 48 heavy (non-hydrogen) atoms. The summed E-state index contributed by atoms with van der Waals surface area (Å²) in [4.78, 5) is 29.4.